The van der Waals surface area contributed by atoms with Crippen LogP contribution in [0.5, 0.6) is 0 Å². The van der Waals surface area contributed by atoms with Crippen molar-refractivity contribution in [1.29, 1.82) is 0 Å². The van der Waals surface area contributed by atoms with Gasteiger partial charge in [0.05, 0.1) is 25.2 Å². The van der Waals surface area contributed by atoms with Gasteiger partial charge in [0.2, 0.25) is 5.91 Å². The zero-order chi connectivity index (χ0) is 18.1. The molecule has 0 aromatic carbocycles. The van der Waals surface area contributed by atoms with E-state index in [0.29, 0.717) is 6.54 Å². The first-order valence-corrected chi connectivity index (χ1v) is 9.40. The Bertz CT molecular complexity index is 463. The molecule has 142 valence electrons. The standard InChI is InChI=1S/C18H31N3O4/c1-2-10-19-18(24)21-15-9-8-14(25-16(15)12-22)11-17(23)20-13-6-4-3-5-7-13/h8-9,13-16,22H,2-7,10-12H2,1H3,(H,20,23)(H2,19,21,24)/t14-,15-,16-/m0/s1. The fourth-order valence-electron chi connectivity index (χ4n) is 3.29. The lowest BCUT2D eigenvalue weighted by Crippen LogP contribution is -2.51. The summed E-state index contributed by atoms with van der Waals surface area (Å²) in [7, 11) is 0. The number of hydrogen-bond acceptors (Lipinski definition) is 4. The summed E-state index contributed by atoms with van der Waals surface area (Å²) in [4.78, 5) is 23.9. The van der Waals surface area contributed by atoms with Crippen LogP contribution in [-0.4, -0.2) is 54.5 Å². The van der Waals surface area contributed by atoms with Crippen molar-refractivity contribution < 1.29 is 19.4 Å². The van der Waals surface area contributed by atoms with Crippen molar-refractivity contribution in [1.82, 2.24) is 16.0 Å². The largest absolute Gasteiger partial charge is 0.394 e. The predicted octanol–water partition coefficient (Wildman–Crippen LogP) is 1.22. The van der Waals surface area contributed by atoms with Crippen molar-refractivity contribution in [3.05, 3.63) is 12.2 Å². The Kier molecular flexibility index (Phi) is 8.21. The van der Waals surface area contributed by atoms with E-state index in [0.717, 1.165) is 19.3 Å². The van der Waals surface area contributed by atoms with Crippen LogP contribution in [-0.2, 0) is 9.53 Å². The van der Waals surface area contributed by atoms with Gasteiger partial charge in [-0.25, -0.2) is 4.79 Å². The minimum absolute atomic E-state index is 0.0228. The van der Waals surface area contributed by atoms with Crippen LogP contribution >= 0.6 is 0 Å². The second kappa shape index (κ2) is 10.4. The number of nitrogens with one attached hydrogen (secondary N) is 3. The van der Waals surface area contributed by atoms with Gasteiger partial charge in [-0.15, -0.1) is 0 Å². The van der Waals surface area contributed by atoms with E-state index in [-0.39, 0.29) is 37.1 Å². The number of rotatable bonds is 7. The Morgan fingerprint density at radius 2 is 1.92 bits per heavy atom. The van der Waals surface area contributed by atoms with Crippen molar-refractivity contribution in [2.75, 3.05) is 13.2 Å². The highest BCUT2D eigenvalue weighted by molar-refractivity contribution is 5.77. The maximum Gasteiger partial charge on any atom is 0.315 e. The van der Waals surface area contributed by atoms with E-state index >= 15 is 0 Å². The third kappa shape index (κ3) is 6.66. The second-order valence-electron chi connectivity index (χ2n) is 6.81. The molecule has 0 spiro atoms. The van der Waals surface area contributed by atoms with E-state index in [4.69, 9.17) is 4.74 Å². The summed E-state index contributed by atoms with van der Waals surface area (Å²) in [5.41, 5.74) is 0. The Morgan fingerprint density at radius 3 is 2.60 bits per heavy atom. The van der Waals surface area contributed by atoms with Gasteiger partial charge >= 0.3 is 6.03 Å². The van der Waals surface area contributed by atoms with Crippen LogP contribution in [0.1, 0.15) is 51.9 Å². The summed E-state index contributed by atoms with van der Waals surface area (Å²) < 4.78 is 5.77. The molecule has 1 fully saturated rings. The van der Waals surface area contributed by atoms with Crippen molar-refractivity contribution >= 4 is 11.9 Å². The van der Waals surface area contributed by atoms with Crippen molar-refractivity contribution in [3.63, 3.8) is 0 Å². The van der Waals surface area contributed by atoms with Gasteiger partial charge in [-0.05, 0) is 19.3 Å². The molecule has 1 aliphatic heterocycles. The number of hydrogen-bond donors (Lipinski definition) is 4. The van der Waals surface area contributed by atoms with Crippen LogP contribution in [0.15, 0.2) is 12.2 Å². The van der Waals surface area contributed by atoms with Crippen LogP contribution in [0.2, 0.25) is 0 Å². The van der Waals surface area contributed by atoms with Gasteiger partial charge in [0.15, 0.2) is 0 Å². The quantitative estimate of drug-likeness (QED) is 0.517. The number of ether oxygens (including phenoxy) is 1. The van der Waals surface area contributed by atoms with Crippen LogP contribution in [0, 0.1) is 0 Å². The summed E-state index contributed by atoms with van der Waals surface area (Å²) in [5, 5.41) is 18.1. The molecular formula is C18H31N3O4. The highest BCUT2D eigenvalue weighted by atomic mass is 16.5. The Labute approximate surface area is 149 Å². The molecule has 0 unspecified atom stereocenters. The van der Waals surface area contributed by atoms with Gasteiger partial charge in [0, 0.05) is 12.6 Å². The molecular weight excluding hydrogens is 322 g/mol. The van der Waals surface area contributed by atoms with Gasteiger partial charge in [0.1, 0.15) is 6.10 Å². The fraction of sp³-hybridized carbons (Fsp3) is 0.778. The summed E-state index contributed by atoms with van der Waals surface area (Å²) >= 11 is 0. The molecule has 1 heterocycles. The van der Waals surface area contributed by atoms with Crippen LogP contribution in [0.4, 0.5) is 4.79 Å². The number of carbonyl (C=O) groups excluding carboxylic acids is 2. The van der Waals surface area contributed by atoms with Crippen LogP contribution in [0.3, 0.4) is 0 Å². The van der Waals surface area contributed by atoms with E-state index in [1.165, 1.54) is 19.3 Å². The molecule has 0 aromatic rings. The Hall–Kier alpha value is -1.60. The first-order valence-electron chi connectivity index (χ1n) is 9.40. The molecule has 1 saturated carbocycles. The Balaban J connectivity index is 1.80. The third-order valence-corrected chi connectivity index (χ3v) is 4.65. The predicted molar refractivity (Wildman–Crippen MR) is 95.1 cm³/mol. The highest BCUT2D eigenvalue weighted by Crippen LogP contribution is 2.19. The average molecular weight is 353 g/mol. The molecule has 25 heavy (non-hydrogen) atoms. The lowest BCUT2D eigenvalue weighted by Gasteiger charge is -2.32. The second-order valence-corrected chi connectivity index (χ2v) is 6.81. The maximum atomic E-state index is 12.2. The Morgan fingerprint density at radius 1 is 1.16 bits per heavy atom. The summed E-state index contributed by atoms with van der Waals surface area (Å²) in [6.07, 6.45) is 9.43. The average Bonchev–Trinajstić information content (AvgIpc) is 2.62. The van der Waals surface area contributed by atoms with Gasteiger partial charge in [0.25, 0.3) is 0 Å². The van der Waals surface area contributed by atoms with Crippen molar-refractivity contribution in [2.45, 2.75) is 76.2 Å². The zero-order valence-electron chi connectivity index (χ0n) is 15.0. The van der Waals surface area contributed by atoms with Gasteiger partial charge < -0.3 is 25.8 Å². The van der Waals surface area contributed by atoms with Gasteiger partial charge in [-0.2, -0.15) is 0 Å². The molecule has 7 heteroatoms. The monoisotopic (exact) mass is 353 g/mol. The molecule has 0 aromatic heterocycles. The molecule has 4 N–H and O–H groups in total. The van der Waals surface area contributed by atoms with E-state index in [1.807, 2.05) is 6.92 Å². The van der Waals surface area contributed by atoms with Crippen LogP contribution in [0.25, 0.3) is 0 Å². The van der Waals surface area contributed by atoms with Gasteiger partial charge in [-0.3, -0.25) is 4.79 Å². The minimum Gasteiger partial charge on any atom is -0.394 e. The molecule has 2 aliphatic rings. The lowest BCUT2D eigenvalue weighted by atomic mass is 9.95. The molecule has 0 saturated heterocycles. The number of aliphatic hydroxyl groups is 1. The molecule has 7 nitrogen and oxygen atoms in total. The van der Waals surface area contributed by atoms with Crippen molar-refractivity contribution in [3.8, 4) is 0 Å². The normalized spacial score (nSPS) is 26.9. The van der Waals surface area contributed by atoms with E-state index in [9.17, 15) is 14.7 Å². The summed E-state index contributed by atoms with van der Waals surface area (Å²) in [6.45, 7) is 2.35. The number of amides is 3. The molecule has 3 amide bonds. The maximum absolute atomic E-state index is 12.2. The molecule has 0 bridgehead atoms. The van der Waals surface area contributed by atoms with E-state index < -0.39 is 12.1 Å². The van der Waals surface area contributed by atoms with E-state index in [2.05, 4.69) is 16.0 Å². The highest BCUT2D eigenvalue weighted by Gasteiger charge is 2.29. The summed E-state index contributed by atoms with van der Waals surface area (Å²) in [5.74, 6) is -0.0228. The fourth-order valence-corrected chi connectivity index (χ4v) is 3.29. The topological polar surface area (TPSA) is 99.7 Å². The number of urea groups is 1. The SMILES string of the molecule is CCCNC(=O)N[C@H]1C=C[C@@H](CC(=O)NC2CCCCC2)O[C@H]1CO. The van der Waals surface area contributed by atoms with Crippen molar-refractivity contribution in [2.24, 2.45) is 0 Å². The first kappa shape index (κ1) is 19.7. The van der Waals surface area contributed by atoms with Gasteiger partial charge in [-0.1, -0.05) is 38.3 Å². The lowest BCUT2D eigenvalue weighted by molar-refractivity contribution is -0.126. The molecule has 1 aliphatic carbocycles. The molecule has 2 rings (SSSR count). The zero-order valence-corrected chi connectivity index (χ0v) is 15.0. The summed E-state index contributed by atoms with van der Waals surface area (Å²) in [6, 6.07) is -0.411. The van der Waals surface area contributed by atoms with E-state index in [1.54, 1.807) is 12.2 Å². The smallest absolute Gasteiger partial charge is 0.315 e. The third-order valence-electron chi connectivity index (χ3n) is 4.65. The van der Waals surface area contributed by atoms with Crippen LogP contribution < -0.4 is 16.0 Å². The molecule has 3 atom stereocenters. The number of carbonyl (C=O) groups is 2. The molecule has 0 radical (unpaired) electrons. The number of aliphatic hydroxyl groups excluding tert-OH is 1. The first-order chi connectivity index (χ1) is 12.1. The minimum atomic E-state index is -0.551.